The van der Waals surface area contributed by atoms with Crippen LogP contribution in [0.2, 0.25) is 0 Å². The Balaban J connectivity index is 0.00000208. The highest BCUT2D eigenvalue weighted by Gasteiger charge is 2.48. The number of halogens is 1. The zero-order valence-corrected chi connectivity index (χ0v) is 15.0. The Kier molecular flexibility index (Phi) is 5.62. The number of amides is 1. The van der Waals surface area contributed by atoms with Crippen LogP contribution in [0.3, 0.4) is 0 Å². The van der Waals surface area contributed by atoms with E-state index in [1.165, 1.54) is 0 Å². The first kappa shape index (κ1) is 18.8. The number of carbonyl (C=O) groups is 1. The van der Waals surface area contributed by atoms with Crippen molar-refractivity contribution in [2.24, 2.45) is 0 Å². The maximum atomic E-state index is 12.7. The molecule has 1 fully saturated rings. The molecule has 2 N–H and O–H groups in total. The maximum Gasteiger partial charge on any atom is 0.245 e. The van der Waals surface area contributed by atoms with Gasteiger partial charge >= 0.3 is 0 Å². The summed E-state index contributed by atoms with van der Waals surface area (Å²) in [6, 6.07) is 5.05. The summed E-state index contributed by atoms with van der Waals surface area (Å²) in [5.41, 5.74) is 0.501. The largest absolute Gasteiger partial charge is 0.486 e. The number of carbonyl (C=O) groups excluding carboxylic acids is 1. The van der Waals surface area contributed by atoms with Crippen molar-refractivity contribution in [1.82, 2.24) is 5.32 Å². The van der Waals surface area contributed by atoms with Gasteiger partial charge in [0.2, 0.25) is 5.91 Å². The summed E-state index contributed by atoms with van der Waals surface area (Å²) >= 11 is 0. The quantitative estimate of drug-likeness (QED) is 0.817. The molecule has 7 nitrogen and oxygen atoms in total. The standard InChI is InChI=1S/C15H20N2O5S.ClH/c1-23(19,20)15(4-6-16-7-5-15)14(18)17-11-2-3-12-13(10-11)22-9-8-21-12;/h2-3,10,16H,4-9H2,1H3,(H,17,18);1H. The second-order valence-corrected chi connectivity index (χ2v) is 8.15. The number of benzene rings is 1. The van der Waals surface area contributed by atoms with Gasteiger partial charge in [-0.1, -0.05) is 0 Å². The van der Waals surface area contributed by atoms with Gasteiger partial charge in [-0.3, -0.25) is 4.79 Å². The van der Waals surface area contributed by atoms with Crippen LogP contribution in [0.1, 0.15) is 12.8 Å². The lowest BCUT2D eigenvalue weighted by molar-refractivity contribution is -0.119. The number of rotatable bonds is 3. The summed E-state index contributed by atoms with van der Waals surface area (Å²) < 4.78 is 34.0. The van der Waals surface area contributed by atoms with Gasteiger partial charge in [0.1, 0.15) is 13.2 Å². The van der Waals surface area contributed by atoms with E-state index >= 15 is 0 Å². The van der Waals surface area contributed by atoms with Crippen LogP contribution in [-0.2, 0) is 14.6 Å². The highest BCUT2D eigenvalue weighted by Crippen LogP contribution is 2.34. The molecule has 1 saturated heterocycles. The molecule has 1 aromatic rings. The van der Waals surface area contributed by atoms with Crippen LogP contribution >= 0.6 is 12.4 Å². The minimum Gasteiger partial charge on any atom is -0.486 e. The second-order valence-electron chi connectivity index (χ2n) is 5.83. The third-order valence-corrected chi connectivity index (χ3v) is 6.35. The van der Waals surface area contributed by atoms with Gasteiger partial charge in [-0.2, -0.15) is 0 Å². The van der Waals surface area contributed by atoms with Crippen molar-refractivity contribution in [3.8, 4) is 11.5 Å². The fourth-order valence-corrected chi connectivity index (χ4v) is 4.30. The minimum absolute atomic E-state index is 0. The summed E-state index contributed by atoms with van der Waals surface area (Å²) in [7, 11) is -3.53. The molecule has 0 bridgehead atoms. The fraction of sp³-hybridized carbons (Fsp3) is 0.533. The third kappa shape index (κ3) is 3.45. The highest BCUT2D eigenvalue weighted by molar-refractivity contribution is 7.92. The molecular formula is C15H21ClN2O5S. The van der Waals surface area contributed by atoms with Crippen molar-refractivity contribution in [2.75, 3.05) is 37.9 Å². The summed E-state index contributed by atoms with van der Waals surface area (Å²) in [6.07, 6.45) is 1.66. The number of nitrogens with one attached hydrogen (secondary N) is 2. The molecule has 0 saturated carbocycles. The smallest absolute Gasteiger partial charge is 0.245 e. The third-order valence-electron chi connectivity index (χ3n) is 4.33. The van der Waals surface area contributed by atoms with Gasteiger partial charge in [0, 0.05) is 18.0 Å². The first-order valence-electron chi connectivity index (χ1n) is 7.54. The van der Waals surface area contributed by atoms with E-state index < -0.39 is 20.5 Å². The van der Waals surface area contributed by atoms with Gasteiger partial charge in [-0.25, -0.2) is 8.42 Å². The van der Waals surface area contributed by atoms with Crippen molar-refractivity contribution in [1.29, 1.82) is 0 Å². The predicted molar refractivity (Wildman–Crippen MR) is 93.0 cm³/mol. The molecule has 3 rings (SSSR count). The molecule has 134 valence electrons. The average Bonchev–Trinajstić information content (AvgIpc) is 2.54. The Labute approximate surface area is 147 Å². The molecule has 1 amide bonds. The van der Waals surface area contributed by atoms with Gasteiger partial charge in [-0.05, 0) is 38.1 Å². The van der Waals surface area contributed by atoms with E-state index in [1.807, 2.05) is 0 Å². The molecule has 0 aliphatic carbocycles. The summed E-state index contributed by atoms with van der Waals surface area (Å²) in [5.74, 6) is 0.680. The molecule has 0 atom stereocenters. The van der Waals surface area contributed by atoms with E-state index in [1.54, 1.807) is 18.2 Å². The van der Waals surface area contributed by atoms with E-state index in [2.05, 4.69) is 10.6 Å². The SMILES string of the molecule is CS(=O)(=O)C1(C(=O)Nc2ccc3c(c2)OCCO3)CCNCC1.Cl. The number of hydrogen-bond acceptors (Lipinski definition) is 6. The Hall–Kier alpha value is -1.51. The number of piperidine rings is 1. The minimum atomic E-state index is -3.53. The number of anilines is 1. The zero-order chi connectivity index (χ0) is 16.5. The van der Waals surface area contributed by atoms with E-state index in [4.69, 9.17) is 9.47 Å². The Morgan fingerprint density at radius 2 is 1.79 bits per heavy atom. The molecule has 0 spiro atoms. The molecule has 2 heterocycles. The van der Waals surface area contributed by atoms with E-state index in [0.29, 0.717) is 43.5 Å². The number of fused-ring (bicyclic) bond motifs is 1. The summed E-state index contributed by atoms with van der Waals surface area (Å²) in [4.78, 5) is 12.7. The van der Waals surface area contributed by atoms with Gasteiger partial charge < -0.3 is 20.1 Å². The molecule has 9 heteroatoms. The van der Waals surface area contributed by atoms with Crippen LogP contribution in [0, 0.1) is 0 Å². The van der Waals surface area contributed by atoms with E-state index in [9.17, 15) is 13.2 Å². The maximum absolute atomic E-state index is 12.7. The van der Waals surface area contributed by atoms with Gasteiger partial charge in [0.25, 0.3) is 0 Å². The van der Waals surface area contributed by atoms with Crippen LogP contribution in [0.25, 0.3) is 0 Å². The number of sulfone groups is 1. The lowest BCUT2D eigenvalue weighted by Gasteiger charge is -2.34. The fourth-order valence-electron chi connectivity index (χ4n) is 2.96. The number of ether oxygens (including phenoxy) is 2. The normalized spacial score (nSPS) is 19.0. The van der Waals surface area contributed by atoms with Crippen molar-refractivity contribution in [2.45, 2.75) is 17.6 Å². The van der Waals surface area contributed by atoms with Crippen molar-refractivity contribution < 1.29 is 22.7 Å². The van der Waals surface area contributed by atoms with Crippen LogP contribution in [0.4, 0.5) is 5.69 Å². The van der Waals surface area contributed by atoms with Crippen molar-refractivity contribution in [3.63, 3.8) is 0 Å². The first-order chi connectivity index (χ1) is 10.9. The topological polar surface area (TPSA) is 93.7 Å². The Bertz CT molecular complexity index is 717. The van der Waals surface area contributed by atoms with Crippen molar-refractivity contribution >= 4 is 33.8 Å². The lowest BCUT2D eigenvalue weighted by Crippen LogP contribution is -2.55. The molecule has 24 heavy (non-hydrogen) atoms. The average molecular weight is 377 g/mol. The number of hydrogen-bond donors (Lipinski definition) is 2. The van der Waals surface area contributed by atoms with Gasteiger partial charge in [-0.15, -0.1) is 12.4 Å². The molecule has 2 aliphatic rings. The Morgan fingerprint density at radius 1 is 1.17 bits per heavy atom. The van der Waals surface area contributed by atoms with Crippen molar-refractivity contribution in [3.05, 3.63) is 18.2 Å². The second kappa shape index (κ2) is 7.16. The summed E-state index contributed by atoms with van der Waals surface area (Å²) in [5, 5.41) is 5.82. The zero-order valence-electron chi connectivity index (χ0n) is 13.3. The van der Waals surface area contributed by atoms with Gasteiger partial charge in [0.15, 0.2) is 26.1 Å². The first-order valence-corrected chi connectivity index (χ1v) is 9.43. The van der Waals surface area contributed by atoms with Crippen LogP contribution in [0.5, 0.6) is 11.5 Å². The van der Waals surface area contributed by atoms with E-state index in [-0.39, 0.29) is 25.2 Å². The van der Waals surface area contributed by atoms with Crippen LogP contribution in [-0.4, -0.2) is 51.6 Å². The molecule has 0 aromatic heterocycles. The summed E-state index contributed by atoms with van der Waals surface area (Å²) in [6.45, 7) is 1.94. The molecule has 0 radical (unpaired) electrons. The molecule has 0 unspecified atom stereocenters. The molecular weight excluding hydrogens is 356 g/mol. The molecule has 1 aromatic carbocycles. The van der Waals surface area contributed by atoms with Gasteiger partial charge in [0.05, 0.1) is 0 Å². The predicted octanol–water partition coefficient (Wildman–Crippen LogP) is 0.985. The van der Waals surface area contributed by atoms with E-state index in [0.717, 1.165) is 6.26 Å². The monoisotopic (exact) mass is 376 g/mol. The van der Waals surface area contributed by atoms with Crippen LogP contribution in [0.15, 0.2) is 18.2 Å². The Morgan fingerprint density at radius 3 is 2.42 bits per heavy atom. The molecule has 2 aliphatic heterocycles. The van der Waals surface area contributed by atoms with Crippen LogP contribution < -0.4 is 20.1 Å². The highest BCUT2D eigenvalue weighted by atomic mass is 35.5. The lowest BCUT2D eigenvalue weighted by atomic mass is 9.95.